The molecule has 0 fully saturated rings. The van der Waals surface area contributed by atoms with Crippen molar-refractivity contribution in [1.29, 1.82) is 0 Å². The monoisotopic (exact) mass is 468 g/mol. The molecule has 2 aromatic rings. The van der Waals surface area contributed by atoms with Crippen molar-refractivity contribution in [2.24, 2.45) is 0 Å². The van der Waals surface area contributed by atoms with Gasteiger partial charge in [-0.05, 0) is 42.0 Å². The van der Waals surface area contributed by atoms with E-state index in [-0.39, 0.29) is 25.0 Å². The van der Waals surface area contributed by atoms with Gasteiger partial charge in [-0.15, -0.1) is 0 Å². The molecule has 1 aliphatic rings. The van der Waals surface area contributed by atoms with Crippen LogP contribution in [0.5, 0.6) is 0 Å². The second-order valence-electron chi connectivity index (χ2n) is 8.43. The summed E-state index contributed by atoms with van der Waals surface area (Å²) in [5, 5.41) is 14.3. The molecule has 1 aliphatic carbocycles. The van der Waals surface area contributed by atoms with Crippen molar-refractivity contribution >= 4 is 18.0 Å². The molecule has 3 atom stereocenters. The molecule has 0 heterocycles. The lowest BCUT2D eigenvalue weighted by atomic mass is 9.98. The Morgan fingerprint density at radius 3 is 2.12 bits per heavy atom. The predicted molar refractivity (Wildman–Crippen MR) is 128 cm³/mol. The number of carbonyl (C=O) groups excluding carboxylic acids is 2. The van der Waals surface area contributed by atoms with Crippen molar-refractivity contribution in [2.45, 2.75) is 57.2 Å². The Balaban J connectivity index is 1.64. The molecule has 3 rings (SSSR count). The van der Waals surface area contributed by atoms with Gasteiger partial charge < -0.3 is 25.2 Å². The lowest BCUT2D eigenvalue weighted by Gasteiger charge is -2.26. The molecule has 0 saturated heterocycles. The first-order valence-electron chi connectivity index (χ1n) is 11.5. The van der Waals surface area contributed by atoms with Gasteiger partial charge in [-0.25, -0.2) is 4.79 Å². The van der Waals surface area contributed by atoms with Crippen molar-refractivity contribution in [3.05, 3.63) is 59.7 Å². The quantitative estimate of drug-likeness (QED) is 0.464. The molecule has 182 valence electrons. The lowest BCUT2D eigenvalue weighted by Crippen LogP contribution is -2.55. The SMILES string of the molecule is CCC(CCC(=O)O)NC(=O)C(NC(=O)OCC1c2ccccc2-c2ccccc21)C(C)OC. The molecule has 0 aliphatic heterocycles. The standard InChI is InChI=1S/C26H32N2O6/c1-4-17(13-14-23(29)30)27-25(31)24(16(2)33-3)28-26(32)34-15-22-20-11-7-5-9-18(20)19-10-6-8-12-21(19)22/h5-12,16-17,22,24H,4,13-15H2,1-3H3,(H,27,31)(H,28,32)(H,29,30). The maximum Gasteiger partial charge on any atom is 0.407 e. The zero-order chi connectivity index (χ0) is 24.7. The number of carboxylic acid groups (broad SMARTS) is 1. The zero-order valence-corrected chi connectivity index (χ0v) is 19.7. The van der Waals surface area contributed by atoms with E-state index in [4.69, 9.17) is 14.6 Å². The van der Waals surface area contributed by atoms with E-state index in [0.717, 1.165) is 22.3 Å². The molecule has 2 amide bonds. The van der Waals surface area contributed by atoms with Crippen LogP contribution in [0.2, 0.25) is 0 Å². The van der Waals surface area contributed by atoms with E-state index in [1.807, 2.05) is 43.3 Å². The molecule has 3 N–H and O–H groups in total. The number of nitrogens with one attached hydrogen (secondary N) is 2. The summed E-state index contributed by atoms with van der Waals surface area (Å²) in [7, 11) is 1.45. The third-order valence-electron chi connectivity index (χ3n) is 6.29. The van der Waals surface area contributed by atoms with Crippen LogP contribution in [0, 0.1) is 0 Å². The summed E-state index contributed by atoms with van der Waals surface area (Å²) in [4.78, 5) is 36.4. The van der Waals surface area contributed by atoms with E-state index in [1.165, 1.54) is 7.11 Å². The highest BCUT2D eigenvalue weighted by molar-refractivity contribution is 5.86. The summed E-state index contributed by atoms with van der Waals surface area (Å²) in [6.07, 6.45) is -0.514. The number of amides is 2. The minimum atomic E-state index is -0.987. The Bertz CT molecular complexity index is 978. The van der Waals surface area contributed by atoms with E-state index in [1.54, 1.807) is 6.92 Å². The van der Waals surface area contributed by atoms with E-state index in [0.29, 0.717) is 12.8 Å². The average molecular weight is 469 g/mol. The largest absolute Gasteiger partial charge is 0.481 e. The smallest absolute Gasteiger partial charge is 0.407 e. The van der Waals surface area contributed by atoms with Crippen molar-refractivity contribution in [1.82, 2.24) is 10.6 Å². The second-order valence-corrected chi connectivity index (χ2v) is 8.43. The minimum absolute atomic E-state index is 0.0525. The fraction of sp³-hybridized carbons (Fsp3) is 0.423. The number of methoxy groups -OCH3 is 1. The summed E-state index contributed by atoms with van der Waals surface area (Å²) in [6.45, 7) is 3.67. The summed E-state index contributed by atoms with van der Waals surface area (Å²) in [5.74, 6) is -1.46. The van der Waals surface area contributed by atoms with Gasteiger partial charge in [0.15, 0.2) is 0 Å². The van der Waals surface area contributed by atoms with Gasteiger partial charge in [0.25, 0.3) is 0 Å². The van der Waals surface area contributed by atoms with Crippen LogP contribution in [-0.4, -0.2) is 55.0 Å². The van der Waals surface area contributed by atoms with E-state index in [2.05, 4.69) is 22.8 Å². The average Bonchev–Trinajstić information content (AvgIpc) is 3.16. The summed E-state index contributed by atoms with van der Waals surface area (Å²) < 4.78 is 10.9. The second kappa shape index (κ2) is 11.7. The molecular weight excluding hydrogens is 436 g/mol. The van der Waals surface area contributed by atoms with E-state index >= 15 is 0 Å². The van der Waals surface area contributed by atoms with Gasteiger partial charge >= 0.3 is 12.1 Å². The van der Waals surface area contributed by atoms with Crippen LogP contribution in [-0.2, 0) is 19.1 Å². The molecule has 0 saturated carbocycles. The maximum absolute atomic E-state index is 12.9. The number of fused-ring (bicyclic) bond motifs is 3. The van der Waals surface area contributed by atoms with Crippen LogP contribution in [0.3, 0.4) is 0 Å². The van der Waals surface area contributed by atoms with Crippen molar-refractivity contribution < 1.29 is 29.0 Å². The number of aliphatic carboxylic acids is 1. The van der Waals surface area contributed by atoms with Crippen LogP contribution in [0.4, 0.5) is 4.79 Å². The number of alkyl carbamates (subject to hydrolysis) is 1. The molecule has 8 nitrogen and oxygen atoms in total. The molecule has 2 aromatic carbocycles. The normalized spacial score (nSPS) is 14.9. The minimum Gasteiger partial charge on any atom is -0.481 e. The number of benzene rings is 2. The number of carboxylic acids is 1. The summed E-state index contributed by atoms with van der Waals surface area (Å²) in [6, 6.07) is 14.8. The van der Waals surface area contributed by atoms with Crippen LogP contribution in [0.15, 0.2) is 48.5 Å². The molecule has 0 radical (unpaired) electrons. The Kier molecular flexibility index (Phi) is 8.65. The number of hydrogen-bond donors (Lipinski definition) is 3. The van der Waals surface area contributed by atoms with Gasteiger partial charge in [-0.2, -0.15) is 0 Å². The van der Waals surface area contributed by atoms with E-state index < -0.39 is 30.1 Å². The molecule has 8 heteroatoms. The van der Waals surface area contributed by atoms with Crippen molar-refractivity contribution in [3.8, 4) is 11.1 Å². The van der Waals surface area contributed by atoms with Gasteiger partial charge in [0, 0.05) is 25.5 Å². The highest BCUT2D eigenvalue weighted by Gasteiger charge is 2.31. The molecule has 3 unspecified atom stereocenters. The van der Waals surface area contributed by atoms with Crippen LogP contribution in [0.1, 0.15) is 50.2 Å². The highest BCUT2D eigenvalue weighted by atomic mass is 16.5. The van der Waals surface area contributed by atoms with Gasteiger partial charge in [-0.3, -0.25) is 9.59 Å². The first-order chi connectivity index (χ1) is 16.3. The Morgan fingerprint density at radius 1 is 1.00 bits per heavy atom. The van der Waals surface area contributed by atoms with Gasteiger partial charge in [0.2, 0.25) is 5.91 Å². The molecular formula is C26H32N2O6. The molecule has 34 heavy (non-hydrogen) atoms. The predicted octanol–water partition coefficient (Wildman–Crippen LogP) is 3.69. The van der Waals surface area contributed by atoms with Crippen LogP contribution < -0.4 is 10.6 Å². The van der Waals surface area contributed by atoms with Gasteiger partial charge in [-0.1, -0.05) is 55.5 Å². The topological polar surface area (TPSA) is 114 Å². The number of ether oxygens (including phenoxy) is 2. The van der Waals surface area contributed by atoms with Crippen molar-refractivity contribution in [2.75, 3.05) is 13.7 Å². The third kappa shape index (κ3) is 5.94. The van der Waals surface area contributed by atoms with Crippen LogP contribution in [0.25, 0.3) is 11.1 Å². The van der Waals surface area contributed by atoms with Gasteiger partial charge in [0.1, 0.15) is 12.6 Å². The first-order valence-corrected chi connectivity index (χ1v) is 11.5. The Morgan fingerprint density at radius 2 is 1.59 bits per heavy atom. The summed E-state index contributed by atoms with van der Waals surface area (Å²) >= 11 is 0. The number of hydrogen-bond acceptors (Lipinski definition) is 5. The molecule has 0 spiro atoms. The summed E-state index contributed by atoms with van der Waals surface area (Å²) in [5.41, 5.74) is 4.45. The number of rotatable bonds is 11. The first kappa shape index (κ1) is 25.2. The molecule has 0 aromatic heterocycles. The van der Waals surface area contributed by atoms with Gasteiger partial charge in [0.05, 0.1) is 6.10 Å². The van der Waals surface area contributed by atoms with Crippen LogP contribution >= 0.6 is 0 Å². The van der Waals surface area contributed by atoms with Crippen molar-refractivity contribution in [3.63, 3.8) is 0 Å². The van der Waals surface area contributed by atoms with E-state index in [9.17, 15) is 14.4 Å². The zero-order valence-electron chi connectivity index (χ0n) is 19.7. The fourth-order valence-corrected chi connectivity index (χ4v) is 4.27. The third-order valence-corrected chi connectivity index (χ3v) is 6.29. The maximum atomic E-state index is 12.9. The fourth-order valence-electron chi connectivity index (χ4n) is 4.27. The Labute approximate surface area is 199 Å². The highest BCUT2D eigenvalue weighted by Crippen LogP contribution is 2.44. The molecule has 0 bridgehead atoms. The Hall–Kier alpha value is -3.39. The number of carbonyl (C=O) groups is 3. The lowest BCUT2D eigenvalue weighted by molar-refractivity contribution is -0.137.